The lowest BCUT2D eigenvalue weighted by Gasteiger charge is -2.27. The van der Waals surface area contributed by atoms with E-state index in [4.69, 9.17) is 10.5 Å². The van der Waals surface area contributed by atoms with Crippen LogP contribution in [0.5, 0.6) is 0 Å². The molecule has 0 radical (unpaired) electrons. The van der Waals surface area contributed by atoms with Gasteiger partial charge in [-0.15, -0.1) is 11.8 Å². The smallest absolute Gasteiger partial charge is 0.224 e. The fourth-order valence-electron chi connectivity index (χ4n) is 1.95. The number of morpholine rings is 1. The Bertz CT molecular complexity index is 394. The second-order valence-corrected chi connectivity index (χ2v) is 5.67. The van der Waals surface area contributed by atoms with Crippen LogP contribution >= 0.6 is 11.8 Å². The van der Waals surface area contributed by atoms with Crippen molar-refractivity contribution >= 4 is 17.7 Å². The summed E-state index contributed by atoms with van der Waals surface area (Å²) in [6.45, 7) is 2.66. The molecule has 1 amide bonds. The highest BCUT2D eigenvalue weighted by molar-refractivity contribution is 7.99. The van der Waals surface area contributed by atoms with Gasteiger partial charge in [-0.3, -0.25) is 4.79 Å². The standard InChI is InChI=1S/C14H20N2O2S/c15-12(11-19-13-4-2-1-3-5-13)10-14(17)16-6-8-18-9-7-16/h1-5,12H,6-11,15H2. The summed E-state index contributed by atoms with van der Waals surface area (Å²) in [5, 5.41) is 0. The molecule has 1 aliphatic rings. The largest absolute Gasteiger partial charge is 0.378 e. The number of amides is 1. The predicted molar refractivity (Wildman–Crippen MR) is 77.2 cm³/mol. The highest BCUT2D eigenvalue weighted by Crippen LogP contribution is 2.18. The molecule has 2 rings (SSSR count). The third kappa shape index (κ3) is 4.86. The van der Waals surface area contributed by atoms with Crippen LogP contribution in [0.2, 0.25) is 0 Å². The molecule has 1 heterocycles. The molecule has 1 fully saturated rings. The van der Waals surface area contributed by atoms with Gasteiger partial charge < -0.3 is 15.4 Å². The van der Waals surface area contributed by atoms with Crippen LogP contribution in [0, 0.1) is 0 Å². The van der Waals surface area contributed by atoms with Crippen LogP contribution in [0.15, 0.2) is 35.2 Å². The number of nitrogens with two attached hydrogens (primary N) is 1. The van der Waals surface area contributed by atoms with Gasteiger partial charge in [0.15, 0.2) is 0 Å². The molecular formula is C14H20N2O2S. The van der Waals surface area contributed by atoms with E-state index in [0.29, 0.717) is 32.7 Å². The molecule has 1 unspecified atom stereocenters. The van der Waals surface area contributed by atoms with E-state index in [1.54, 1.807) is 11.8 Å². The van der Waals surface area contributed by atoms with Gasteiger partial charge in [-0.2, -0.15) is 0 Å². The number of rotatable bonds is 5. The number of thioether (sulfide) groups is 1. The van der Waals surface area contributed by atoms with Crippen LogP contribution in [0.1, 0.15) is 6.42 Å². The summed E-state index contributed by atoms with van der Waals surface area (Å²) < 4.78 is 5.23. The Morgan fingerprint density at radius 3 is 2.68 bits per heavy atom. The average molecular weight is 280 g/mol. The van der Waals surface area contributed by atoms with Crippen LogP contribution in [0.25, 0.3) is 0 Å². The number of hydrogen-bond acceptors (Lipinski definition) is 4. The van der Waals surface area contributed by atoms with E-state index < -0.39 is 0 Å². The molecule has 1 aromatic rings. The molecule has 19 heavy (non-hydrogen) atoms. The molecule has 4 nitrogen and oxygen atoms in total. The maximum Gasteiger partial charge on any atom is 0.224 e. The molecule has 1 aromatic carbocycles. The molecule has 104 valence electrons. The Balaban J connectivity index is 1.71. The monoisotopic (exact) mass is 280 g/mol. The van der Waals surface area contributed by atoms with E-state index in [-0.39, 0.29) is 11.9 Å². The molecule has 0 bridgehead atoms. The quantitative estimate of drug-likeness (QED) is 0.827. The Morgan fingerprint density at radius 2 is 2.00 bits per heavy atom. The molecule has 1 atom stereocenters. The van der Waals surface area contributed by atoms with Crippen LogP contribution in [-0.4, -0.2) is 48.9 Å². The Kier molecular flexibility index (Phi) is 5.69. The normalized spacial score (nSPS) is 17.2. The number of carbonyl (C=O) groups excluding carboxylic acids is 1. The van der Waals surface area contributed by atoms with Gasteiger partial charge in [0.1, 0.15) is 0 Å². The first-order valence-electron chi connectivity index (χ1n) is 6.54. The zero-order valence-electron chi connectivity index (χ0n) is 11.0. The van der Waals surface area contributed by atoms with E-state index in [0.717, 1.165) is 5.75 Å². The summed E-state index contributed by atoms with van der Waals surface area (Å²) in [4.78, 5) is 15.0. The zero-order chi connectivity index (χ0) is 13.5. The maximum atomic E-state index is 12.0. The fourth-order valence-corrected chi connectivity index (χ4v) is 2.82. The minimum absolute atomic E-state index is 0.0967. The van der Waals surface area contributed by atoms with Crippen molar-refractivity contribution in [3.8, 4) is 0 Å². The van der Waals surface area contributed by atoms with Gasteiger partial charge in [0, 0.05) is 36.2 Å². The number of nitrogens with zero attached hydrogens (tertiary/aromatic N) is 1. The summed E-state index contributed by atoms with van der Waals surface area (Å²) in [6.07, 6.45) is 0.417. The lowest BCUT2D eigenvalue weighted by atomic mass is 10.2. The van der Waals surface area contributed by atoms with Crippen molar-refractivity contribution < 1.29 is 9.53 Å². The van der Waals surface area contributed by atoms with Gasteiger partial charge in [-0.1, -0.05) is 18.2 Å². The molecule has 0 spiro atoms. The second-order valence-electron chi connectivity index (χ2n) is 4.58. The molecule has 1 aliphatic heterocycles. The molecule has 2 N–H and O–H groups in total. The first-order chi connectivity index (χ1) is 9.25. The molecule has 0 aromatic heterocycles. The Labute approximate surface area is 118 Å². The van der Waals surface area contributed by atoms with E-state index in [9.17, 15) is 4.79 Å². The Hall–Kier alpha value is -1.04. The number of ether oxygens (including phenoxy) is 1. The van der Waals surface area contributed by atoms with Gasteiger partial charge in [-0.05, 0) is 12.1 Å². The van der Waals surface area contributed by atoms with Crippen molar-refractivity contribution in [2.24, 2.45) is 5.73 Å². The highest BCUT2D eigenvalue weighted by Gasteiger charge is 2.19. The van der Waals surface area contributed by atoms with E-state index in [1.165, 1.54) is 4.90 Å². The number of carbonyl (C=O) groups is 1. The topological polar surface area (TPSA) is 55.6 Å². The molecule has 5 heteroatoms. The van der Waals surface area contributed by atoms with E-state index >= 15 is 0 Å². The summed E-state index contributed by atoms with van der Waals surface area (Å²) in [5.41, 5.74) is 6.03. The zero-order valence-corrected chi connectivity index (χ0v) is 11.8. The van der Waals surface area contributed by atoms with Gasteiger partial charge >= 0.3 is 0 Å². The number of benzene rings is 1. The van der Waals surface area contributed by atoms with Gasteiger partial charge in [0.2, 0.25) is 5.91 Å². The van der Waals surface area contributed by atoms with Crippen LogP contribution < -0.4 is 5.73 Å². The van der Waals surface area contributed by atoms with Gasteiger partial charge in [0.05, 0.1) is 13.2 Å². The number of hydrogen-bond donors (Lipinski definition) is 1. The predicted octanol–water partition coefficient (Wildman–Crippen LogP) is 1.35. The molecule has 0 saturated carbocycles. The molecule has 1 saturated heterocycles. The lowest BCUT2D eigenvalue weighted by Crippen LogP contribution is -2.43. The van der Waals surface area contributed by atoms with Crippen molar-refractivity contribution in [3.05, 3.63) is 30.3 Å². The maximum absolute atomic E-state index is 12.0. The van der Waals surface area contributed by atoms with Crippen molar-refractivity contribution in [1.29, 1.82) is 0 Å². The van der Waals surface area contributed by atoms with Crippen molar-refractivity contribution in [1.82, 2.24) is 4.90 Å². The first-order valence-corrected chi connectivity index (χ1v) is 7.53. The summed E-state index contributed by atoms with van der Waals surface area (Å²) in [5.74, 6) is 0.907. The third-order valence-corrected chi connectivity index (χ3v) is 4.21. The van der Waals surface area contributed by atoms with Crippen LogP contribution in [0.3, 0.4) is 0 Å². The van der Waals surface area contributed by atoms with Crippen molar-refractivity contribution in [3.63, 3.8) is 0 Å². The minimum Gasteiger partial charge on any atom is -0.378 e. The highest BCUT2D eigenvalue weighted by atomic mass is 32.2. The van der Waals surface area contributed by atoms with Gasteiger partial charge in [0.25, 0.3) is 0 Å². The van der Waals surface area contributed by atoms with Crippen LogP contribution in [0.4, 0.5) is 0 Å². The first kappa shape index (κ1) is 14.4. The third-order valence-electron chi connectivity index (χ3n) is 3.01. The van der Waals surface area contributed by atoms with Crippen LogP contribution in [-0.2, 0) is 9.53 Å². The van der Waals surface area contributed by atoms with E-state index in [2.05, 4.69) is 12.1 Å². The van der Waals surface area contributed by atoms with Gasteiger partial charge in [-0.25, -0.2) is 0 Å². The minimum atomic E-state index is -0.0967. The average Bonchev–Trinajstić information content (AvgIpc) is 2.47. The van der Waals surface area contributed by atoms with Crippen molar-refractivity contribution in [2.45, 2.75) is 17.4 Å². The van der Waals surface area contributed by atoms with Crippen molar-refractivity contribution in [2.75, 3.05) is 32.1 Å². The Morgan fingerprint density at radius 1 is 1.32 bits per heavy atom. The summed E-state index contributed by atoms with van der Waals surface area (Å²) in [6, 6.07) is 10.0. The molecular weight excluding hydrogens is 260 g/mol. The van der Waals surface area contributed by atoms with E-state index in [1.807, 2.05) is 23.1 Å². The second kappa shape index (κ2) is 7.53. The fraction of sp³-hybridized carbons (Fsp3) is 0.500. The summed E-state index contributed by atoms with van der Waals surface area (Å²) in [7, 11) is 0. The summed E-state index contributed by atoms with van der Waals surface area (Å²) >= 11 is 1.70. The molecule has 0 aliphatic carbocycles. The lowest BCUT2D eigenvalue weighted by molar-refractivity contribution is -0.135. The SMILES string of the molecule is NC(CSc1ccccc1)CC(=O)N1CCOCC1.